The monoisotopic (exact) mass is 376 g/mol. The highest BCUT2D eigenvalue weighted by atomic mass is 19.2. The van der Waals surface area contributed by atoms with Crippen LogP contribution in [0.5, 0.6) is 5.75 Å². The zero-order valence-corrected chi connectivity index (χ0v) is 15.3. The zero-order valence-electron chi connectivity index (χ0n) is 15.3. The van der Waals surface area contributed by atoms with Crippen LogP contribution in [0.1, 0.15) is 22.8 Å². The van der Waals surface area contributed by atoms with Gasteiger partial charge in [-0.25, -0.2) is 8.78 Å². The van der Waals surface area contributed by atoms with Gasteiger partial charge >= 0.3 is 0 Å². The van der Waals surface area contributed by atoms with Crippen molar-refractivity contribution < 1.29 is 23.1 Å². The normalized spacial score (nSPS) is 10.4. The van der Waals surface area contributed by atoms with Gasteiger partial charge in [0.25, 0.3) is 5.91 Å². The van der Waals surface area contributed by atoms with E-state index in [4.69, 9.17) is 4.74 Å². The Kier molecular flexibility index (Phi) is 7.28. The standard InChI is InChI=1S/C20H22F2N2O3/c1-14(25)24(11-9-15-3-6-17(27-2)7-4-15)12-10-23-20(26)16-5-8-18(21)19(22)13-16/h3-8,13H,9-12H2,1-2H3,(H,23,26). The van der Waals surface area contributed by atoms with Gasteiger partial charge in [-0.15, -0.1) is 0 Å². The molecule has 0 spiro atoms. The number of carbonyl (C=O) groups excluding carboxylic acids is 2. The summed E-state index contributed by atoms with van der Waals surface area (Å²) in [5.74, 6) is -1.94. The fourth-order valence-electron chi connectivity index (χ4n) is 2.53. The van der Waals surface area contributed by atoms with Crippen LogP contribution in [0.2, 0.25) is 0 Å². The summed E-state index contributed by atoms with van der Waals surface area (Å²) < 4.78 is 31.2. The van der Waals surface area contributed by atoms with Gasteiger partial charge in [0.1, 0.15) is 5.75 Å². The molecule has 2 amide bonds. The Hall–Kier alpha value is -2.96. The van der Waals surface area contributed by atoms with E-state index < -0.39 is 17.5 Å². The lowest BCUT2D eigenvalue weighted by Gasteiger charge is -2.21. The van der Waals surface area contributed by atoms with E-state index in [9.17, 15) is 18.4 Å². The van der Waals surface area contributed by atoms with E-state index in [1.54, 1.807) is 12.0 Å². The summed E-state index contributed by atoms with van der Waals surface area (Å²) in [6, 6.07) is 10.5. The number of hydrogen-bond donors (Lipinski definition) is 1. The first kappa shape index (κ1) is 20.4. The summed E-state index contributed by atoms with van der Waals surface area (Å²) in [5, 5.41) is 2.61. The molecule has 2 rings (SSSR count). The summed E-state index contributed by atoms with van der Waals surface area (Å²) in [7, 11) is 1.60. The summed E-state index contributed by atoms with van der Waals surface area (Å²) in [5.41, 5.74) is 1.09. The van der Waals surface area contributed by atoms with E-state index in [0.717, 1.165) is 23.4 Å². The quantitative estimate of drug-likeness (QED) is 0.771. The zero-order chi connectivity index (χ0) is 19.8. The SMILES string of the molecule is COc1ccc(CCN(CCNC(=O)c2ccc(F)c(F)c2)C(C)=O)cc1. The van der Waals surface area contributed by atoms with Gasteiger partial charge in [-0.1, -0.05) is 12.1 Å². The molecule has 0 saturated carbocycles. The summed E-state index contributed by atoms with van der Waals surface area (Å²) >= 11 is 0. The largest absolute Gasteiger partial charge is 0.497 e. The molecular formula is C20H22F2N2O3. The first-order valence-corrected chi connectivity index (χ1v) is 8.52. The van der Waals surface area contributed by atoms with E-state index in [1.807, 2.05) is 24.3 Å². The molecule has 1 N–H and O–H groups in total. The van der Waals surface area contributed by atoms with Crippen molar-refractivity contribution in [2.24, 2.45) is 0 Å². The van der Waals surface area contributed by atoms with E-state index in [0.29, 0.717) is 19.5 Å². The van der Waals surface area contributed by atoms with Gasteiger partial charge in [0.05, 0.1) is 7.11 Å². The van der Waals surface area contributed by atoms with Crippen LogP contribution < -0.4 is 10.1 Å². The minimum atomic E-state index is -1.08. The molecule has 0 radical (unpaired) electrons. The molecule has 0 aromatic heterocycles. The van der Waals surface area contributed by atoms with Gasteiger partial charge in [-0.3, -0.25) is 9.59 Å². The van der Waals surface area contributed by atoms with E-state index >= 15 is 0 Å². The second-order valence-electron chi connectivity index (χ2n) is 5.99. The lowest BCUT2D eigenvalue weighted by Crippen LogP contribution is -2.38. The molecule has 144 valence electrons. The van der Waals surface area contributed by atoms with Crippen LogP contribution in [0, 0.1) is 11.6 Å². The van der Waals surface area contributed by atoms with Crippen molar-refractivity contribution in [1.82, 2.24) is 10.2 Å². The van der Waals surface area contributed by atoms with Crippen LogP contribution in [0.4, 0.5) is 8.78 Å². The van der Waals surface area contributed by atoms with Crippen LogP contribution in [0.3, 0.4) is 0 Å². The maximum Gasteiger partial charge on any atom is 0.251 e. The highest BCUT2D eigenvalue weighted by molar-refractivity contribution is 5.94. The average Bonchev–Trinajstić information content (AvgIpc) is 2.66. The number of nitrogens with zero attached hydrogens (tertiary/aromatic N) is 1. The van der Waals surface area contributed by atoms with Crippen molar-refractivity contribution >= 4 is 11.8 Å². The molecule has 0 unspecified atom stereocenters. The van der Waals surface area contributed by atoms with Crippen molar-refractivity contribution in [3.8, 4) is 5.75 Å². The summed E-state index contributed by atoms with van der Waals surface area (Å²) in [6.07, 6.45) is 0.667. The van der Waals surface area contributed by atoms with E-state index in [2.05, 4.69) is 5.32 Å². The Balaban J connectivity index is 1.83. The molecule has 0 atom stereocenters. The number of hydrogen-bond acceptors (Lipinski definition) is 3. The number of ether oxygens (including phenoxy) is 1. The molecule has 0 aliphatic heterocycles. The van der Waals surface area contributed by atoms with Crippen LogP contribution in [0.15, 0.2) is 42.5 Å². The highest BCUT2D eigenvalue weighted by Gasteiger charge is 2.12. The first-order valence-electron chi connectivity index (χ1n) is 8.52. The molecular weight excluding hydrogens is 354 g/mol. The van der Waals surface area contributed by atoms with Gasteiger partial charge in [0.15, 0.2) is 11.6 Å². The topological polar surface area (TPSA) is 58.6 Å². The molecule has 2 aromatic rings. The Bertz CT molecular complexity index is 794. The minimum Gasteiger partial charge on any atom is -0.497 e. The fourth-order valence-corrected chi connectivity index (χ4v) is 2.53. The Morgan fingerprint density at radius 2 is 1.74 bits per heavy atom. The number of nitrogens with one attached hydrogen (secondary N) is 1. The third kappa shape index (κ3) is 6.06. The van der Waals surface area contributed by atoms with Crippen LogP contribution >= 0.6 is 0 Å². The van der Waals surface area contributed by atoms with E-state index in [1.165, 1.54) is 13.0 Å². The van der Waals surface area contributed by atoms with Gasteiger partial charge in [-0.2, -0.15) is 0 Å². The Morgan fingerprint density at radius 1 is 1.04 bits per heavy atom. The van der Waals surface area contributed by atoms with Crippen molar-refractivity contribution in [3.63, 3.8) is 0 Å². The maximum absolute atomic E-state index is 13.2. The Labute approximate surface area is 156 Å². The molecule has 27 heavy (non-hydrogen) atoms. The number of carbonyl (C=O) groups is 2. The molecule has 0 fully saturated rings. The molecule has 0 aliphatic rings. The van der Waals surface area contributed by atoms with Crippen molar-refractivity contribution in [2.45, 2.75) is 13.3 Å². The van der Waals surface area contributed by atoms with Crippen molar-refractivity contribution in [3.05, 3.63) is 65.2 Å². The number of halogens is 2. The summed E-state index contributed by atoms with van der Waals surface area (Å²) in [4.78, 5) is 25.4. The first-order chi connectivity index (χ1) is 12.9. The maximum atomic E-state index is 13.2. The van der Waals surface area contributed by atoms with Gasteiger partial charge in [-0.05, 0) is 42.3 Å². The molecule has 2 aromatic carbocycles. The van der Waals surface area contributed by atoms with Crippen LogP contribution in [0.25, 0.3) is 0 Å². The molecule has 0 saturated heterocycles. The fraction of sp³-hybridized carbons (Fsp3) is 0.300. The van der Waals surface area contributed by atoms with Gasteiger partial charge in [0.2, 0.25) is 5.91 Å². The second kappa shape index (κ2) is 9.66. The number of rotatable bonds is 8. The Morgan fingerprint density at radius 3 is 2.33 bits per heavy atom. The minimum absolute atomic E-state index is 0.0292. The number of benzene rings is 2. The third-order valence-electron chi connectivity index (χ3n) is 4.12. The van der Waals surface area contributed by atoms with Crippen LogP contribution in [-0.2, 0) is 11.2 Å². The molecule has 7 heteroatoms. The van der Waals surface area contributed by atoms with Crippen molar-refractivity contribution in [1.29, 1.82) is 0 Å². The smallest absolute Gasteiger partial charge is 0.251 e. The predicted molar refractivity (Wildman–Crippen MR) is 97.6 cm³/mol. The third-order valence-corrected chi connectivity index (χ3v) is 4.12. The average molecular weight is 376 g/mol. The number of amides is 2. The number of methoxy groups -OCH3 is 1. The van der Waals surface area contributed by atoms with E-state index in [-0.39, 0.29) is 18.0 Å². The molecule has 5 nitrogen and oxygen atoms in total. The summed E-state index contributed by atoms with van der Waals surface area (Å²) in [6.45, 7) is 2.49. The lowest BCUT2D eigenvalue weighted by molar-refractivity contribution is -0.128. The van der Waals surface area contributed by atoms with Crippen LogP contribution in [-0.4, -0.2) is 43.5 Å². The predicted octanol–water partition coefficient (Wildman–Crippen LogP) is 2.79. The molecule has 0 heterocycles. The van der Waals surface area contributed by atoms with Gasteiger partial charge in [0, 0.05) is 32.1 Å². The molecule has 0 aliphatic carbocycles. The highest BCUT2D eigenvalue weighted by Crippen LogP contribution is 2.12. The van der Waals surface area contributed by atoms with Gasteiger partial charge < -0.3 is 15.0 Å². The molecule has 0 bridgehead atoms. The second-order valence-corrected chi connectivity index (χ2v) is 5.99. The lowest BCUT2D eigenvalue weighted by atomic mass is 10.1. The van der Waals surface area contributed by atoms with Crippen molar-refractivity contribution in [2.75, 3.05) is 26.7 Å².